The lowest BCUT2D eigenvalue weighted by atomic mass is 10.00. The van der Waals surface area contributed by atoms with Crippen LogP contribution in [-0.4, -0.2) is 51.3 Å². The molecule has 1 aliphatic rings. The molecule has 1 aliphatic heterocycles. The average Bonchev–Trinajstić information content (AvgIpc) is 2.49. The van der Waals surface area contributed by atoms with Crippen molar-refractivity contribution in [2.24, 2.45) is 5.92 Å². The third kappa shape index (κ3) is 5.12. The van der Waals surface area contributed by atoms with Gasteiger partial charge in [0.15, 0.2) is 0 Å². The lowest BCUT2D eigenvalue weighted by molar-refractivity contribution is -0.141. The summed E-state index contributed by atoms with van der Waals surface area (Å²) in [4.78, 5) is 13.4. The summed E-state index contributed by atoms with van der Waals surface area (Å²) < 4.78 is 63.5. The maximum atomic E-state index is 12.8. The molecule has 0 spiro atoms. The van der Waals surface area contributed by atoms with E-state index in [-0.39, 0.29) is 18.0 Å². The van der Waals surface area contributed by atoms with Crippen molar-refractivity contribution < 1.29 is 26.4 Å². The first-order chi connectivity index (χ1) is 11.9. The van der Waals surface area contributed by atoms with E-state index in [1.165, 1.54) is 22.5 Å². The second kappa shape index (κ2) is 7.46. The van der Waals surface area contributed by atoms with Crippen molar-refractivity contribution in [1.82, 2.24) is 4.90 Å². The van der Waals surface area contributed by atoms with Gasteiger partial charge in [0.05, 0.1) is 11.9 Å². The second-order valence-corrected chi connectivity index (χ2v) is 8.88. The van der Waals surface area contributed by atoms with Crippen LogP contribution in [0.4, 0.5) is 18.9 Å². The molecule has 146 valence electrons. The number of sulfonamides is 1. The molecule has 0 aromatic heterocycles. The van der Waals surface area contributed by atoms with Gasteiger partial charge in [-0.2, -0.15) is 13.2 Å². The zero-order chi connectivity index (χ0) is 19.7. The van der Waals surface area contributed by atoms with Gasteiger partial charge in [-0.15, -0.1) is 0 Å². The fourth-order valence-electron chi connectivity index (χ4n) is 3.10. The number of nitrogens with zero attached hydrogens (tertiary/aromatic N) is 2. The van der Waals surface area contributed by atoms with Gasteiger partial charge in [0, 0.05) is 18.7 Å². The first-order valence-electron chi connectivity index (χ1n) is 8.35. The average molecular weight is 392 g/mol. The van der Waals surface area contributed by atoms with Crippen LogP contribution in [0, 0.1) is 5.92 Å². The molecule has 1 amide bonds. The number of anilines is 1. The van der Waals surface area contributed by atoms with E-state index < -0.39 is 28.7 Å². The molecule has 5 nitrogen and oxygen atoms in total. The minimum Gasteiger partial charge on any atom is -0.329 e. The number of fused-ring (bicyclic) bond motifs is 1. The first kappa shape index (κ1) is 20.5. The minimum absolute atomic E-state index is 0.00904. The highest BCUT2D eigenvalue weighted by molar-refractivity contribution is 7.92. The van der Waals surface area contributed by atoms with Crippen LogP contribution in [0.15, 0.2) is 18.2 Å². The Kier molecular flexibility index (Phi) is 5.89. The molecule has 26 heavy (non-hydrogen) atoms. The van der Waals surface area contributed by atoms with Gasteiger partial charge in [-0.25, -0.2) is 8.42 Å². The Bertz CT molecular complexity index is 776. The second-order valence-electron chi connectivity index (χ2n) is 6.98. The maximum absolute atomic E-state index is 12.8. The van der Waals surface area contributed by atoms with Crippen molar-refractivity contribution in [3.63, 3.8) is 0 Å². The summed E-state index contributed by atoms with van der Waals surface area (Å²) in [7, 11) is -3.44. The van der Waals surface area contributed by atoms with E-state index in [9.17, 15) is 26.4 Å². The molecule has 1 aromatic carbocycles. The molecule has 0 saturated carbocycles. The summed E-state index contributed by atoms with van der Waals surface area (Å²) >= 11 is 0. The van der Waals surface area contributed by atoms with Crippen molar-refractivity contribution in [1.29, 1.82) is 0 Å². The van der Waals surface area contributed by atoms with Crippen LogP contribution in [0.25, 0.3) is 0 Å². The number of hydrogen-bond acceptors (Lipinski definition) is 3. The van der Waals surface area contributed by atoms with E-state index >= 15 is 0 Å². The normalized spacial score (nSPS) is 15.1. The van der Waals surface area contributed by atoms with Gasteiger partial charge in [0.1, 0.15) is 6.54 Å². The van der Waals surface area contributed by atoms with E-state index in [1.807, 2.05) is 0 Å². The molecule has 0 saturated heterocycles. The van der Waals surface area contributed by atoms with E-state index in [1.54, 1.807) is 13.8 Å². The SMILES string of the molecule is CC(C)CN(CC(F)(F)F)C(=O)c1ccc2c(c1)CCCN2S(C)(=O)=O. The largest absolute Gasteiger partial charge is 0.406 e. The third-order valence-corrected chi connectivity index (χ3v) is 5.23. The molecular formula is C17H23F3N2O3S. The van der Waals surface area contributed by atoms with Crippen molar-refractivity contribution >= 4 is 21.6 Å². The van der Waals surface area contributed by atoms with Crippen LogP contribution < -0.4 is 4.31 Å². The number of rotatable bonds is 5. The quantitative estimate of drug-likeness (QED) is 0.774. The number of hydrogen-bond donors (Lipinski definition) is 0. The summed E-state index contributed by atoms with van der Waals surface area (Å²) in [6.07, 6.45) is -2.21. The number of carbonyl (C=O) groups excluding carboxylic acids is 1. The smallest absolute Gasteiger partial charge is 0.329 e. The summed E-state index contributed by atoms with van der Waals surface area (Å²) in [6.45, 7) is 2.52. The topological polar surface area (TPSA) is 57.7 Å². The highest BCUT2D eigenvalue weighted by Gasteiger charge is 2.34. The van der Waals surface area contributed by atoms with E-state index in [2.05, 4.69) is 0 Å². The molecule has 1 heterocycles. The highest BCUT2D eigenvalue weighted by atomic mass is 32.2. The van der Waals surface area contributed by atoms with Crippen LogP contribution in [0.2, 0.25) is 0 Å². The highest BCUT2D eigenvalue weighted by Crippen LogP contribution is 2.30. The summed E-state index contributed by atoms with van der Waals surface area (Å²) in [5.41, 5.74) is 1.29. The minimum atomic E-state index is -4.48. The van der Waals surface area contributed by atoms with Gasteiger partial charge in [-0.1, -0.05) is 13.8 Å². The Morgan fingerprint density at radius 1 is 1.31 bits per heavy atom. The number of halogens is 3. The fourth-order valence-corrected chi connectivity index (χ4v) is 4.10. The van der Waals surface area contributed by atoms with Crippen molar-refractivity contribution in [3.8, 4) is 0 Å². The predicted molar refractivity (Wildman–Crippen MR) is 93.7 cm³/mol. The maximum Gasteiger partial charge on any atom is 0.406 e. The van der Waals surface area contributed by atoms with Gasteiger partial charge < -0.3 is 4.90 Å². The molecule has 9 heteroatoms. The lowest BCUT2D eigenvalue weighted by Crippen LogP contribution is -2.41. The Labute approximate surface area is 151 Å². The van der Waals surface area contributed by atoms with Crippen LogP contribution >= 0.6 is 0 Å². The summed E-state index contributed by atoms with van der Waals surface area (Å²) in [5, 5.41) is 0. The molecule has 0 atom stereocenters. The molecule has 0 N–H and O–H groups in total. The van der Waals surface area contributed by atoms with Gasteiger partial charge in [-0.05, 0) is 42.5 Å². The number of aryl methyl sites for hydroxylation is 1. The molecule has 0 radical (unpaired) electrons. The van der Waals surface area contributed by atoms with E-state index in [0.29, 0.717) is 30.6 Å². The van der Waals surface area contributed by atoms with Crippen LogP contribution in [0.1, 0.15) is 36.2 Å². The number of benzene rings is 1. The first-order valence-corrected chi connectivity index (χ1v) is 10.2. The number of amides is 1. The standard InChI is InChI=1S/C17H23F3N2O3S/c1-12(2)10-21(11-17(18,19)20)16(23)14-6-7-15-13(9-14)5-4-8-22(15)26(3,24)25/h6-7,9,12H,4-5,8,10-11H2,1-3H3. The van der Waals surface area contributed by atoms with Gasteiger partial charge in [0.25, 0.3) is 5.91 Å². The van der Waals surface area contributed by atoms with Crippen molar-refractivity contribution in [3.05, 3.63) is 29.3 Å². The van der Waals surface area contributed by atoms with Crippen molar-refractivity contribution in [2.45, 2.75) is 32.9 Å². The number of carbonyl (C=O) groups is 1. The monoisotopic (exact) mass is 392 g/mol. The van der Waals surface area contributed by atoms with Crippen LogP contribution in [0.3, 0.4) is 0 Å². The molecule has 1 aromatic rings. The summed E-state index contributed by atoms with van der Waals surface area (Å²) in [6, 6.07) is 4.41. The Balaban J connectivity index is 2.34. The fraction of sp³-hybridized carbons (Fsp3) is 0.588. The lowest BCUT2D eigenvalue weighted by Gasteiger charge is -2.30. The van der Waals surface area contributed by atoms with Crippen molar-refractivity contribution in [2.75, 3.05) is 30.2 Å². The zero-order valence-corrected chi connectivity index (χ0v) is 15.8. The molecular weight excluding hydrogens is 369 g/mol. The Morgan fingerprint density at radius 2 is 1.96 bits per heavy atom. The Hall–Kier alpha value is -1.77. The van der Waals surface area contributed by atoms with Crippen LogP contribution in [-0.2, 0) is 16.4 Å². The third-order valence-electron chi connectivity index (χ3n) is 4.05. The van der Waals surface area contributed by atoms with Crippen LogP contribution in [0.5, 0.6) is 0 Å². The molecule has 0 unspecified atom stereocenters. The van der Waals surface area contributed by atoms with E-state index in [4.69, 9.17) is 0 Å². The van der Waals surface area contributed by atoms with Gasteiger partial charge in [-0.3, -0.25) is 9.10 Å². The molecule has 0 fully saturated rings. The Morgan fingerprint density at radius 3 is 2.50 bits per heavy atom. The predicted octanol–water partition coefficient (Wildman–Crippen LogP) is 3.06. The number of alkyl halides is 3. The van der Waals surface area contributed by atoms with Gasteiger partial charge in [0.2, 0.25) is 10.0 Å². The molecule has 0 aliphatic carbocycles. The summed E-state index contributed by atoms with van der Waals surface area (Å²) in [5.74, 6) is -0.810. The van der Waals surface area contributed by atoms with E-state index in [0.717, 1.165) is 11.2 Å². The molecule has 0 bridgehead atoms. The zero-order valence-electron chi connectivity index (χ0n) is 15.0. The van der Waals surface area contributed by atoms with Gasteiger partial charge >= 0.3 is 6.18 Å². The molecule has 2 rings (SSSR count).